The molecule has 14 heteroatoms. The topological polar surface area (TPSA) is 0 Å². The minimum absolute atomic E-state index is 0. The molecule has 0 saturated heterocycles. The molecule has 0 spiro atoms. The first kappa shape index (κ1) is 50.6. The molecule has 0 heterocycles. The Kier molecular flexibility index (Phi) is 25.2. The average molecular weight is 1060 g/mol. The van der Waals surface area contributed by atoms with Crippen LogP contribution in [0, 0.1) is 0 Å². The third kappa shape index (κ3) is 28.1. The molecule has 0 fully saturated rings. The van der Waals surface area contributed by atoms with Crippen LogP contribution in [0.2, 0.25) is 45.7 Å². The maximum Gasteiger partial charge on any atom is 0 e. The van der Waals surface area contributed by atoms with Gasteiger partial charge < -0.3 is 25.3 Å². The monoisotopic (exact) mass is 1060 g/mol. The Labute approximate surface area is 328 Å². The number of hydrogen-bond donors (Lipinski definition) is 0. The maximum atomic E-state index is 9.87. The van der Waals surface area contributed by atoms with Crippen LogP contribution < -0.4 is 17.4 Å². The number of halogens is 6. The van der Waals surface area contributed by atoms with Gasteiger partial charge in [0.25, 0.3) is 0 Å². The Bertz CT molecular complexity index is 1260. The fourth-order valence-corrected chi connectivity index (χ4v) is 20.4. The number of hydrogen-bond acceptors (Lipinski definition) is 2. The molecule has 0 unspecified atom stereocenters. The van der Waals surface area contributed by atoms with Gasteiger partial charge in [0.2, 0.25) is 0 Å². The predicted octanol–water partition coefficient (Wildman–Crippen LogP) is 10.1. The van der Waals surface area contributed by atoms with Gasteiger partial charge in [-0.25, -0.2) is 0 Å². The van der Waals surface area contributed by atoms with Crippen molar-refractivity contribution in [2.45, 2.75) is 57.2 Å². The van der Waals surface area contributed by atoms with Crippen molar-refractivity contribution in [1.82, 2.24) is 0 Å². The molecule has 0 bridgehead atoms. The Morgan fingerprint density at radius 1 is 0.396 bits per heavy atom. The summed E-state index contributed by atoms with van der Waals surface area (Å²) in [5.74, 6) is 1.45. The third-order valence-corrected chi connectivity index (χ3v) is 19.4. The zero-order valence-corrected chi connectivity index (χ0v) is 40.4. The van der Waals surface area contributed by atoms with Crippen LogP contribution >= 0.6 is 7.81 Å². The van der Waals surface area contributed by atoms with Crippen LogP contribution in [0.25, 0.3) is 0 Å². The van der Waals surface area contributed by atoms with Crippen LogP contribution in [0.5, 0.6) is 0 Å². The van der Waals surface area contributed by atoms with Gasteiger partial charge in [0, 0.05) is 20.1 Å². The van der Waals surface area contributed by atoms with Gasteiger partial charge in [-0.1, -0.05) is 71.8 Å². The first-order valence-corrected chi connectivity index (χ1v) is 36.2. The van der Waals surface area contributed by atoms with Crippen molar-refractivity contribution >= 4 is 109 Å². The fraction of sp³-hybridized carbons (Fsp3) is 0.294. The Morgan fingerprint density at radius 2 is 0.562 bits per heavy atom. The summed E-state index contributed by atoms with van der Waals surface area (Å²) < 4.78 is 66.0. The van der Waals surface area contributed by atoms with Gasteiger partial charge >= 0.3 is 203 Å². The normalized spacial score (nSPS) is 12.0. The van der Waals surface area contributed by atoms with Gasteiger partial charge in [0.1, 0.15) is 0 Å². The van der Waals surface area contributed by atoms with Crippen molar-refractivity contribution in [3.8, 4) is 0 Å². The smallest absolute Gasteiger partial charge is 0 e. The number of rotatable bonds is 6. The van der Waals surface area contributed by atoms with Crippen LogP contribution in [0.15, 0.2) is 109 Å². The van der Waals surface area contributed by atoms with Crippen LogP contribution in [-0.4, -0.2) is 58.6 Å². The molecule has 0 aliphatic heterocycles. The molecule has 4 aromatic carbocycles. The summed E-state index contributed by atoms with van der Waals surface area (Å²) in [4.78, 5) is 0. The van der Waals surface area contributed by atoms with E-state index in [0.29, 0.717) is 0 Å². The summed E-state index contributed by atoms with van der Waals surface area (Å²) in [5, 5.41) is 0. The summed E-state index contributed by atoms with van der Waals surface area (Å²) in [6.45, 7) is 0. The Morgan fingerprint density at radius 3 is 0.688 bits per heavy atom. The zero-order chi connectivity index (χ0) is 36.3. The molecule has 0 aliphatic rings. The minimum atomic E-state index is -10.7. The molecule has 4 rings (SSSR count). The molecule has 0 atom stereocenters. The van der Waals surface area contributed by atoms with Gasteiger partial charge in [0.15, 0.2) is 0 Å². The second-order valence-corrected chi connectivity index (χ2v) is 32.3. The van der Waals surface area contributed by atoms with Crippen molar-refractivity contribution in [1.29, 1.82) is 0 Å². The van der Waals surface area contributed by atoms with E-state index in [9.17, 15) is 25.2 Å². The van der Waals surface area contributed by atoms with Gasteiger partial charge in [-0.2, -0.15) is 11.5 Å². The van der Waals surface area contributed by atoms with Crippen molar-refractivity contribution < 1.29 is 45.3 Å². The first-order valence-electron chi connectivity index (χ1n) is 14.2. The minimum Gasteiger partial charge on any atom is -0.788 e. The first-order chi connectivity index (χ1) is 21.6. The summed E-state index contributed by atoms with van der Waals surface area (Å²) >= 11 is 7.03. The van der Waals surface area contributed by atoms with Gasteiger partial charge in [-0.3, -0.25) is 0 Å². The summed E-state index contributed by atoms with van der Waals surface area (Å²) in [6, 6.07) is 38.2. The molecule has 0 aliphatic carbocycles. The summed E-state index contributed by atoms with van der Waals surface area (Å²) in [7, 11) is -10.7. The van der Waals surface area contributed by atoms with Crippen molar-refractivity contribution in [2.75, 3.05) is 0 Å². The summed E-state index contributed by atoms with van der Waals surface area (Å²) in [6.07, 6.45) is 0. The van der Waals surface area contributed by atoms with E-state index in [4.69, 9.17) is 25.3 Å². The van der Waals surface area contributed by atoms with Crippen LogP contribution in [-0.2, 0) is 56.9 Å². The molecule has 4 aromatic rings. The van der Waals surface area contributed by atoms with E-state index in [1.165, 1.54) is 11.1 Å². The van der Waals surface area contributed by atoms with E-state index < -0.39 is 66.4 Å². The Balaban J connectivity index is 0. The molecule has 1 radical (unpaired) electrons. The molecular formula is C34H46As4F6PS2Tc-3. The van der Waals surface area contributed by atoms with Crippen LogP contribution in [0.1, 0.15) is 11.1 Å². The van der Waals surface area contributed by atoms with Crippen molar-refractivity contribution in [2.24, 2.45) is 0 Å². The van der Waals surface area contributed by atoms with Crippen molar-refractivity contribution in [3.63, 3.8) is 0 Å². The molecule has 48 heavy (non-hydrogen) atoms. The molecule has 0 N–H and O–H groups in total. The molecule has 0 nitrogen and oxygen atoms in total. The predicted molar refractivity (Wildman–Crippen MR) is 210 cm³/mol. The van der Waals surface area contributed by atoms with E-state index in [2.05, 4.69) is 94.2 Å². The van der Waals surface area contributed by atoms with E-state index in [-0.39, 0.29) is 20.1 Å². The fourth-order valence-electron chi connectivity index (χ4n) is 3.59. The number of benzene rings is 4. The molecule has 0 saturated carbocycles. The molecule has 271 valence electrons. The van der Waals surface area contributed by atoms with Gasteiger partial charge in [-0.15, -0.1) is 0 Å². The van der Waals surface area contributed by atoms with Gasteiger partial charge in [-0.05, 0) is 0 Å². The standard InChI is InChI=1S/2C10H16As2.2C7H8S.F6P.Tc/c2*1-11(2)9-7-5-6-8-10(9)12(3)4;2*8-6-7-4-2-1-3-5-7;1-7(2,3,4,5)6;/h2*5-8H,1-4H3;2*1-5,8H,6H2;;/q;;;;-1;/p-2. The van der Waals surface area contributed by atoms with Gasteiger partial charge in [0.05, 0.1) is 0 Å². The van der Waals surface area contributed by atoms with E-state index in [1.54, 1.807) is 17.4 Å². The second-order valence-electron chi connectivity index (χ2n) is 10.8. The molecule has 0 aromatic heterocycles. The maximum absolute atomic E-state index is 10.7. The quantitative estimate of drug-likeness (QED) is 0.0817. The Hall–Kier alpha value is 0.473. The third-order valence-electron chi connectivity index (χ3n) is 5.71. The molecular weight excluding hydrogens is 1020 g/mol. The van der Waals surface area contributed by atoms with E-state index in [1.807, 2.05) is 60.7 Å². The van der Waals surface area contributed by atoms with Crippen molar-refractivity contribution in [3.05, 3.63) is 120 Å². The van der Waals surface area contributed by atoms with E-state index >= 15 is 0 Å². The summed E-state index contributed by atoms with van der Waals surface area (Å²) in [5.41, 5.74) is 21.8. The van der Waals surface area contributed by atoms with Crippen LogP contribution in [0.4, 0.5) is 25.2 Å². The molecule has 0 amide bonds. The van der Waals surface area contributed by atoms with E-state index in [0.717, 1.165) is 11.5 Å². The van der Waals surface area contributed by atoms with Crippen LogP contribution in [0.3, 0.4) is 0 Å². The SMILES string of the molecule is C[As](C)c1ccccc1[As](C)C.C[As](C)c1ccccc1[As](C)C.F[P-](F)(F)(F)(F)F.[S-]Cc1ccccc1.[S-]Cc1ccccc1.[Tc]. The average Bonchev–Trinajstić information content (AvgIpc) is 3.01. The second kappa shape index (κ2) is 23.9. The largest absolute Gasteiger partial charge is 0.788 e. The zero-order valence-electron chi connectivity index (χ0n) is 28.5.